The number of hydrogen-bond acceptors (Lipinski definition) is 4. The number of carbonyl (C=O) groups is 2. The highest BCUT2D eigenvalue weighted by Gasteiger charge is 2.34. The lowest BCUT2D eigenvalue weighted by Gasteiger charge is -2.18. The molecule has 0 atom stereocenters. The molecule has 1 heterocycles. The maximum absolute atomic E-state index is 12.9. The summed E-state index contributed by atoms with van der Waals surface area (Å²) in [5, 5.41) is 4.34. The van der Waals surface area contributed by atoms with E-state index in [4.69, 9.17) is 5.73 Å². The summed E-state index contributed by atoms with van der Waals surface area (Å²) in [6.45, 7) is 0.212. The molecule has 3 aromatic carbocycles. The van der Waals surface area contributed by atoms with E-state index in [1.807, 2.05) is 18.2 Å². The summed E-state index contributed by atoms with van der Waals surface area (Å²) in [5.74, 6) is -0.769. The van der Waals surface area contributed by atoms with Gasteiger partial charge in [-0.2, -0.15) is 0 Å². The normalized spacial score (nSPS) is 14.1. The van der Waals surface area contributed by atoms with Crippen molar-refractivity contribution in [3.8, 4) is 0 Å². The van der Waals surface area contributed by atoms with Gasteiger partial charge in [0.15, 0.2) is 0 Å². The first-order valence-corrected chi connectivity index (χ1v) is 10.6. The Balaban J connectivity index is 1.42. The van der Waals surface area contributed by atoms with Gasteiger partial charge in [0.25, 0.3) is 10.0 Å². The highest BCUT2D eigenvalue weighted by molar-refractivity contribution is 7.93. The quantitative estimate of drug-likeness (QED) is 0.652. The third kappa shape index (κ3) is 3.42. The first-order valence-electron chi connectivity index (χ1n) is 9.12. The molecule has 3 aromatic rings. The molecule has 4 rings (SSSR count). The summed E-state index contributed by atoms with van der Waals surface area (Å²) in [6, 6.07) is 17.0. The Labute approximate surface area is 168 Å². The first kappa shape index (κ1) is 18.9. The van der Waals surface area contributed by atoms with Crippen LogP contribution in [0, 0.1) is 0 Å². The van der Waals surface area contributed by atoms with Crippen molar-refractivity contribution in [2.75, 3.05) is 16.2 Å². The second-order valence-electron chi connectivity index (χ2n) is 6.80. The van der Waals surface area contributed by atoms with Crippen molar-refractivity contribution in [3.63, 3.8) is 0 Å². The molecule has 0 bridgehead atoms. The predicted octanol–water partition coefficient (Wildman–Crippen LogP) is 2.87. The van der Waals surface area contributed by atoms with Crippen molar-refractivity contribution in [1.29, 1.82) is 0 Å². The van der Waals surface area contributed by atoms with Crippen molar-refractivity contribution in [2.45, 2.75) is 17.7 Å². The average Bonchev–Trinajstić information content (AvgIpc) is 2.92. The summed E-state index contributed by atoms with van der Waals surface area (Å²) in [5.41, 5.74) is 6.75. The second-order valence-corrected chi connectivity index (χ2v) is 8.63. The number of carbonyl (C=O) groups excluding carboxylic acids is 2. The topological polar surface area (TPSA) is 110 Å². The Bertz CT molecular complexity index is 1220. The molecule has 0 spiro atoms. The lowest BCUT2D eigenvalue weighted by Crippen LogP contribution is -2.28. The van der Waals surface area contributed by atoms with Crippen molar-refractivity contribution in [1.82, 2.24) is 0 Å². The summed E-state index contributed by atoms with van der Waals surface area (Å²) >= 11 is 0. The summed E-state index contributed by atoms with van der Waals surface area (Å²) < 4.78 is 27.2. The predicted molar refractivity (Wildman–Crippen MR) is 111 cm³/mol. The van der Waals surface area contributed by atoms with Crippen molar-refractivity contribution < 1.29 is 18.0 Å². The van der Waals surface area contributed by atoms with E-state index in [-0.39, 0.29) is 18.9 Å². The standard InChI is InChI=1S/C21H19N3O4S/c22-21(26)15-9-11-16(12-10-15)23-19(25)8-3-13-24-17-6-1-4-14-5-2-7-18(20(14)17)29(24,27)28/h1-2,4-7,9-12H,3,8,13H2,(H2,22,26)(H,23,25). The van der Waals surface area contributed by atoms with Crippen molar-refractivity contribution in [3.05, 3.63) is 66.2 Å². The Morgan fingerprint density at radius 3 is 2.34 bits per heavy atom. The van der Waals surface area contributed by atoms with Gasteiger partial charge in [-0.05, 0) is 48.2 Å². The molecule has 0 aliphatic carbocycles. The fourth-order valence-electron chi connectivity index (χ4n) is 3.52. The van der Waals surface area contributed by atoms with Gasteiger partial charge in [-0.25, -0.2) is 8.42 Å². The minimum atomic E-state index is -3.61. The van der Waals surface area contributed by atoms with Crippen LogP contribution in [0.5, 0.6) is 0 Å². The van der Waals surface area contributed by atoms with Gasteiger partial charge in [0.2, 0.25) is 11.8 Å². The molecule has 148 valence electrons. The summed E-state index contributed by atoms with van der Waals surface area (Å²) in [7, 11) is -3.61. The Morgan fingerprint density at radius 2 is 1.66 bits per heavy atom. The number of primary amides is 1. The van der Waals surface area contributed by atoms with Gasteiger partial charge in [-0.3, -0.25) is 13.9 Å². The van der Waals surface area contributed by atoms with E-state index in [9.17, 15) is 18.0 Å². The zero-order valence-corrected chi connectivity index (χ0v) is 16.3. The SMILES string of the molecule is NC(=O)c1ccc(NC(=O)CCCN2c3cccc4cccc(c34)S2(=O)=O)cc1. The first-order chi connectivity index (χ1) is 13.9. The maximum Gasteiger partial charge on any atom is 0.265 e. The van der Waals surface area contributed by atoms with E-state index < -0.39 is 15.9 Å². The monoisotopic (exact) mass is 409 g/mol. The van der Waals surface area contributed by atoms with E-state index in [0.29, 0.717) is 28.3 Å². The third-order valence-electron chi connectivity index (χ3n) is 4.90. The van der Waals surface area contributed by atoms with Crippen LogP contribution in [-0.4, -0.2) is 26.8 Å². The lowest BCUT2D eigenvalue weighted by molar-refractivity contribution is -0.116. The number of hydrogen-bond donors (Lipinski definition) is 2. The van der Waals surface area contributed by atoms with Crippen LogP contribution >= 0.6 is 0 Å². The van der Waals surface area contributed by atoms with E-state index in [1.165, 1.54) is 16.4 Å². The molecule has 2 amide bonds. The second kappa shape index (κ2) is 7.21. The molecule has 3 N–H and O–H groups in total. The van der Waals surface area contributed by atoms with Gasteiger partial charge in [0, 0.05) is 29.6 Å². The average molecular weight is 409 g/mol. The number of benzene rings is 3. The number of anilines is 2. The molecular formula is C21H19N3O4S. The molecule has 7 nitrogen and oxygen atoms in total. The van der Waals surface area contributed by atoms with Crippen LogP contribution in [0.15, 0.2) is 65.6 Å². The van der Waals surface area contributed by atoms with Crippen LogP contribution in [0.4, 0.5) is 11.4 Å². The number of rotatable bonds is 6. The molecule has 0 saturated carbocycles. The molecular weight excluding hydrogens is 390 g/mol. The van der Waals surface area contributed by atoms with Crippen LogP contribution in [0.1, 0.15) is 23.2 Å². The number of nitrogens with one attached hydrogen (secondary N) is 1. The summed E-state index contributed by atoms with van der Waals surface area (Å²) in [6.07, 6.45) is 0.532. The highest BCUT2D eigenvalue weighted by atomic mass is 32.2. The van der Waals surface area contributed by atoms with Gasteiger partial charge in [0.05, 0.1) is 10.6 Å². The molecule has 0 fully saturated rings. The lowest BCUT2D eigenvalue weighted by atomic mass is 10.1. The number of nitrogens with two attached hydrogens (primary N) is 1. The van der Waals surface area contributed by atoms with Gasteiger partial charge in [0.1, 0.15) is 0 Å². The van der Waals surface area contributed by atoms with Crippen LogP contribution in [0.2, 0.25) is 0 Å². The Morgan fingerprint density at radius 1 is 0.966 bits per heavy atom. The van der Waals surface area contributed by atoms with Gasteiger partial charge in [-0.1, -0.05) is 24.3 Å². The zero-order valence-electron chi connectivity index (χ0n) is 15.5. The van der Waals surface area contributed by atoms with Crippen LogP contribution in [-0.2, 0) is 14.8 Å². The van der Waals surface area contributed by atoms with Gasteiger partial charge >= 0.3 is 0 Å². The largest absolute Gasteiger partial charge is 0.366 e. The van der Waals surface area contributed by atoms with Crippen LogP contribution < -0.4 is 15.4 Å². The number of nitrogens with zero attached hydrogens (tertiary/aromatic N) is 1. The van der Waals surface area contributed by atoms with Crippen LogP contribution in [0.3, 0.4) is 0 Å². The van der Waals surface area contributed by atoms with E-state index in [0.717, 1.165) is 10.8 Å². The Hall–Kier alpha value is -3.39. The zero-order chi connectivity index (χ0) is 20.6. The minimum absolute atomic E-state index is 0.163. The van der Waals surface area contributed by atoms with E-state index in [1.54, 1.807) is 30.3 Å². The molecule has 0 aromatic heterocycles. The molecule has 8 heteroatoms. The van der Waals surface area contributed by atoms with Crippen molar-refractivity contribution in [2.24, 2.45) is 5.73 Å². The molecule has 0 unspecified atom stereocenters. The van der Waals surface area contributed by atoms with E-state index >= 15 is 0 Å². The molecule has 29 heavy (non-hydrogen) atoms. The maximum atomic E-state index is 12.9. The van der Waals surface area contributed by atoms with Crippen molar-refractivity contribution >= 4 is 44.0 Å². The van der Waals surface area contributed by atoms with Gasteiger partial charge in [-0.15, -0.1) is 0 Å². The number of sulfonamides is 1. The Kier molecular flexibility index (Phi) is 4.71. The van der Waals surface area contributed by atoms with Gasteiger partial charge < -0.3 is 11.1 Å². The fraction of sp³-hybridized carbons (Fsp3) is 0.143. The molecule has 0 radical (unpaired) electrons. The summed E-state index contributed by atoms with van der Waals surface area (Å²) in [4.78, 5) is 23.6. The fourth-order valence-corrected chi connectivity index (χ4v) is 5.27. The molecule has 1 aliphatic heterocycles. The molecule has 1 aliphatic rings. The minimum Gasteiger partial charge on any atom is -0.366 e. The smallest absolute Gasteiger partial charge is 0.265 e. The highest BCUT2D eigenvalue weighted by Crippen LogP contribution is 2.41. The van der Waals surface area contributed by atoms with E-state index in [2.05, 4.69) is 5.32 Å². The third-order valence-corrected chi connectivity index (χ3v) is 6.75. The van der Waals surface area contributed by atoms with Crippen LogP contribution in [0.25, 0.3) is 10.8 Å². The number of amides is 2. The molecule has 0 saturated heterocycles.